The Morgan fingerprint density at radius 3 is 2.09 bits per heavy atom. The third-order valence-electron chi connectivity index (χ3n) is 1.82. The molecule has 11 heavy (non-hydrogen) atoms. The number of rotatable bonds is 6. The first-order valence-corrected chi connectivity index (χ1v) is 6.46. The molecule has 0 aromatic rings. The number of hydrogen-bond acceptors (Lipinski definition) is 2. The number of unbranched alkanes of at least 4 members (excludes halogenated alkanes) is 1. The molecule has 0 bridgehead atoms. The summed E-state index contributed by atoms with van der Waals surface area (Å²) in [6.07, 6.45) is 3.76. The van der Waals surface area contributed by atoms with Crippen LogP contribution in [0, 0.1) is 0 Å². The van der Waals surface area contributed by atoms with Crippen molar-refractivity contribution in [1.29, 1.82) is 0 Å². The quantitative estimate of drug-likeness (QED) is 0.501. The van der Waals surface area contributed by atoms with Crippen molar-refractivity contribution >= 4 is 7.72 Å². The Kier molecular flexibility index (Phi) is 6.12. The van der Waals surface area contributed by atoms with Crippen LogP contribution >= 0.6 is 7.72 Å². The summed E-state index contributed by atoms with van der Waals surface area (Å²) < 4.78 is 5.44. The van der Waals surface area contributed by atoms with E-state index in [0.29, 0.717) is 0 Å². The topological polar surface area (TPSA) is 29.5 Å². The van der Waals surface area contributed by atoms with E-state index < -0.39 is 7.72 Å². The smallest absolute Gasteiger partial charge is 0.220 e. The van der Waals surface area contributed by atoms with Crippen molar-refractivity contribution in [2.24, 2.45) is 0 Å². The van der Waals surface area contributed by atoms with Gasteiger partial charge in [0.25, 0.3) is 7.72 Å². The lowest BCUT2D eigenvalue weighted by Crippen LogP contribution is -2.04. The first kappa shape index (κ1) is 11.4. The maximum Gasteiger partial charge on any atom is 0.270 e. The van der Waals surface area contributed by atoms with Crippen molar-refractivity contribution in [3.05, 3.63) is 0 Å². The van der Waals surface area contributed by atoms with Gasteiger partial charge in [0.15, 0.2) is 0 Å². The summed E-state index contributed by atoms with van der Waals surface area (Å²) in [7, 11) is -1.96. The second-order valence-corrected chi connectivity index (χ2v) is 5.88. The van der Waals surface area contributed by atoms with Gasteiger partial charge in [0, 0.05) is 0 Å². The standard InChI is InChI=1S/C8H20O2P/c1-4-7-8-10-11(9,5-2)6-3/h9H,4-8H2,1-3H3/q+1. The molecule has 0 aliphatic rings. The average Bonchev–Trinajstić information content (AvgIpc) is 2.05. The van der Waals surface area contributed by atoms with E-state index in [1.54, 1.807) is 0 Å². The van der Waals surface area contributed by atoms with Crippen LogP contribution in [0.3, 0.4) is 0 Å². The molecule has 0 radical (unpaired) electrons. The molecule has 0 rings (SSSR count). The van der Waals surface area contributed by atoms with E-state index in [1.807, 2.05) is 13.8 Å². The highest BCUT2D eigenvalue weighted by atomic mass is 31.2. The van der Waals surface area contributed by atoms with E-state index in [0.717, 1.165) is 31.8 Å². The minimum absolute atomic E-state index is 0.725. The lowest BCUT2D eigenvalue weighted by molar-refractivity contribution is 0.286. The van der Waals surface area contributed by atoms with Gasteiger partial charge in [-0.25, -0.2) is 9.42 Å². The zero-order valence-corrected chi connectivity index (χ0v) is 8.73. The van der Waals surface area contributed by atoms with Gasteiger partial charge in [0.05, 0.1) is 6.61 Å². The molecule has 0 aliphatic heterocycles. The predicted molar refractivity (Wildman–Crippen MR) is 51.1 cm³/mol. The van der Waals surface area contributed by atoms with E-state index >= 15 is 0 Å². The summed E-state index contributed by atoms with van der Waals surface area (Å²) in [5, 5.41) is 0. The van der Waals surface area contributed by atoms with Crippen LogP contribution in [0.4, 0.5) is 0 Å². The van der Waals surface area contributed by atoms with E-state index in [-0.39, 0.29) is 0 Å². The van der Waals surface area contributed by atoms with Crippen LogP contribution in [0.5, 0.6) is 0 Å². The Labute approximate surface area is 70.5 Å². The highest BCUT2D eigenvalue weighted by Gasteiger charge is 2.32. The Balaban J connectivity index is 3.51. The van der Waals surface area contributed by atoms with Crippen LogP contribution in [0.15, 0.2) is 0 Å². The highest BCUT2D eigenvalue weighted by Crippen LogP contribution is 2.54. The first-order chi connectivity index (χ1) is 5.18. The number of hydrogen-bond donors (Lipinski definition) is 1. The zero-order valence-electron chi connectivity index (χ0n) is 7.84. The van der Waals surface area contributed by atoms with Gasteiger partial charge in [-0.3, -0.25) is 0 Å². The second-order valence-electron chi connectivity index (χ2n) is 2.67. The molecule has 2 nitrogen and oxygen atoms in total. The van der Waals surface area contributed by atoms with Crippen molar-refractivity contribution in [3.63, 3.8) is 0 Å². The maximum absolute atomic E-state index is 9.74. The van der Waals surface area contributed by atoms with Gasteiger partial charge in [0.1, 0.15) is 12.3 Å². The molecule has 0 aromatic heterocycles. The fourth-order valence-corrected chi connectivity index (χ4v) is 2.07. The maximum atomic E-state index is 9.74. The molecule has 0 saturated carbocycles. The summed E-state index contributed by atoms with van der Waals surface area (Å²) in [4.78, 5) is 9.74. The molecule has 0 saturated heterocycles. The molecule has 68 valence electrons. The normalized spacial score (nSPS) is 12.0. The zero-order chi connectivity index (χ0) is 8.74. The third kappa shape index (κ3) is 4.73. The fourth-order valence-electron chi connectivity index (χ4n) is 0.785. The van der Waals surface area contributed by atoms with Crippen molar-refractivity contribution in [3.8, 4) is 0 Å². The van der Waals surface area contributed by atoms with Gasteiger partial charge in [-0.15, -0.1) is 0 Å². The van der Waals surface area contributed by atoms with Crippen LogP contribution in [0.1, 0.15) is 33.6 Å². The summed E-state index contributed by atoms with van der Waals surface area (Å²) in [6, 6.07) is 0. The molecule has 1 N–H and O–H groups in total. The summed E-state index contributed by atoms with van der Waals surface area (Å²) in [6.45, 7) is 6.83. The minimum Gasteiger partial charge on any atom is -0.220 e. The SMILES string of the molecule is CCCCO[P+](O)(CC)CC. The second kappa shape index (κ2) is 5.93. The van der Waals surface area contributed by atoms with Crippen molar-refractivity contribution in [2.75, 3.05) is 18.9 Å². The Morgan fingerprint density at radius 2 is 1.73 bits per heavy atom. The van der Waals surface area contributed by atoms with Crippen molar-refractivity contribution in [1.82, 2.24) is 0 Å². The predicted octanol–water partition coefficient (Wildman–Crippen LogP) is 2.68. The van der Waals surface area contributed by atoms with E-state index in [4.69, 9.17) is 4.52 Å². The third-order valence-corrected chi connectivity index (χ3v) is 4.46. The first-order valence-electron chi connectivity index (χ1n) is 4.43. The molecular formula is C8H20O2P+. The van der Waals surface area contributed by atoms with Crippen LogP contribution in [-0.2, 0) is 4.52 Å². The van der Waals surface area contributed by atoms with E-state index in [9.17, 15) is 4.89 Å². The van der Waals surface area contributed by atoms with Gasteiger partial charge in [-0.05, 0) is 20.3 Å². The lowest BCUT2D eigenvalue weighted by atomic mass is 10.4. The molecule has 0 aromatic carbocycles. The lowest BCUT2D eigenvalue weighted by Gasteiger charge is -2.14. The van der Waals surface area contributed by atoms with Gasteiger partial charge >= 0.3 is 0 Å². The van der Waals surface area contributed by atoms with Gasteiger partial charge in [-0.1, -0.05) is 13.3 Å². The average molecular weight is 179 g/mol. The van der Waals surface area contributed by atoms with Gasteiger partial charge < -0.3 is 0 Å². The van der Waals surface area contributed by atoms with Gasteiger partial charge in [0.2, 0.25) is 0 Å². The Morgan fingerprint density at radius 1 is 1.18 bits per heavy atom. The van der Waals surface area contributed by atoms with Crippen LogP contribution in [0.2, 0.25) is 0 Å². The minimum atomic E-state index is -1.96. The molecule has 0 heterocycles. The Hall–Kier alpha value is 0.350. The molecular weight excluding hydrogens is 159 g/mol. The molecule has 3 heteroatoms. The van der Waals surface area contributed by atoms with Crippen LogP contribution in [-0.4, -0.2) is 23.8 Å². The van der Waals surface area contributed by atoms with Crippen LogP contribution < -0.4 is 0 Å². The molecule has 0 atom stereocenters. The van der Waals surface area contributed by atoms with Gasteiger partial charge in [-0.2, -0.15) is 0 Å². The van der Waals surface area contributed by atoms with Crippen molar-refractivity contribution < 1.29 is 9.42 Å². The summed E-state index contributed by atoms with van der Waals surface area (Å²) in [5.74, 6) is 0. The molecule has 0 fully saturated rings. The largest absolute Gasteiger partial charge is 0.270 e. The van der Waals surface area contributed by atoms with Crippen molar-refractivity contribution in [2.45, 2.75) is 33.6 Å². The molecule has 0 amide bonds. The van der Waals surface area contributed by atoms with E-state index in [2.05, 4.69) is 6.92 Å². The molecule has 0 spiro atoms. The molecule has 0 aliphatic carbocycles. The molecule has 0 unspecified atom stereocenters. The summed E-state index contributed by atoms with van der Waals surface area (Å²) in [5.41, 5.74) is 0. The van der Waals surface area contributed by atoms with E-state index in [1.165, 1.54) is 0 Å². The Bertz CT molecular complexity index is 92.1. The summed E-state index contributed by atoms with van der Waals surface area (Å²) >= 11 is 0. The highest BCUT2D eigenvalue weighted by molar-refractivity contribution is 7.65. The fraction of sp³-hybridized carbons (Fsp3) is 1.00. The van der Waals surface area contributed by atoms with Crippen LogP contribution in [0.25, 0.3) is 0 Å². The monoisotopic (exact) mass is 179 g/mol.